The Morgan fingerprint density at radius 3 is 2.78 bits per heavy atom. The molecule has 1 fully saturated rings. The minimum atomic E-state index is 0.456. The van der Waals surface area contributed by atoms with Crippen molar-refractivity contribution in [1.29, 1.82) is 0 Å². The molecular weight excluding hydrogens is 240 g/mol. The molecular formula is C15H20N2S. The average Bonchev–Trinajstić information content (AvgIpc) is 2.76. The average molecular weight is 260 g/mol. The normalized spacial score (nSPS) is 30.7. The van der Waals surface area contributed by atoms with Crippen molar-refractivity contribution < 1.29 is 0 Å². The molecule has 96 valence electrons. The summed E-state index contributed by atoms with van der Waals surface area (Å²) in [5.74, 6) is 2.02. The molecule has 0 saturated heterocycles. The molecule has 2 aliphatic rings. The van der Waals surface area contributed by atoms with Crippen LogP contribution in [-0.4, -0.2) is 23.0 Å². The zero-order valence-corrected chi connectivity index (χ0v) is 11.6. The van der Waals surface area contributed by atoms with Crippen molar-refractivity contribution in [3.63, 3.8) is 0 Å². The van der Waals surface area contributed by atoms with Crippen molar-refractivity contribution in [2.24, 2.45) is 10.9 Å². The number of nitrogens with one attached hydrogen (secondary N) is 1. The van der Waals surface area contributed by atoms with E-state index in [1.165, 1.54) is 23.6 Å². The van der Waals surface area contributed by atoms with E-state index in [4.69, 9.17) is 4.99 Å². The lowest BCUT2D eigenvalue weighted by molar-refractivity contribution is 0.269. The van der Waals surface area contributed by atoms with E-state index in [0.29, 0.717) is 12.1 Å². The summed E-state index contributed by atoms with van der Waals surface area (Å²) < 4.78 is 0. The summed E-state index contributed by atoms with van der Waals surface area (Å²) in [4.78, 5) is 4.80. The summed E-state index contributed by atoms with van der Waals surface area (Å²) in [6.45, 7) is 2.32. The fourth-order valence-corrected chi connectivity index (χ4v) is 3.70. The van der Waals surface area contributed by atoms with Crippen LogP contribution in [0, 0.1) is 5.92 Å². The van der Waals surface area contributed by atoms with Gasteiger partial charge in [0.15, 0.2) is 5.17 Å². The summed E-state index contributed by atoms with van der Waals surface area (Å²) in [5.41, 5.74) is 1.39. The van der Waals surface area contributed by atoms with Crippen molar-refractivity contribution in [2.75, 3.05) is 5.75 Å². The maximum absolute atomic E-state index is 4.80. The summed E-state index contributed by atoms with van der Waals surface area (Å²) in [7, 11) is 0. The van der Waals surface area contributed by atoms with Crippen LogP contribution in [0.1, 0.15) is 25.3 Å². The Kier molecular flexibility index (Phi) is 3.59. The highest BCUT2D eigenvalue weighted by atomic mass is 32.2. The van der Waals surface area contributed by atoms with Crippen LogP contribution in [0.3, 0.4) is 0 Å². The van der Waals surface area contributed by atoms with Crippen LogP contribution in [0.25, 0.3) is 0 Å². The largest absolute Gasteiger partial charge is 0.362 e. The van der Waals surface area contributed by atoms with Crippen LogP contribution in [0.15, 0.2) is 35.3 Å². The maximum Gasteiger partial charge on any atom is 0.157 e. The van der Waals surface area contributed by atoms with E-state index < -0.39 is 0 Å². The molecule has 2 nitrogen and oxygen atoms in total. The minimum absolute atomic E-state index is 0.456. The van der Waals surface area contributed by atoms with Gasteiger partial charge in [0.25, 0.3) is 0 Å². The molecule has 1 aliphatic carbocycles. The highest BCUT2D eigenvalue weighted by Gasteiger charge is 2.28. The Morgan fingerprint density at radius 1 is 1.28 bits per heavy atom. The number of hydrogen-bond donors (Lipinski definition) is 1. The van der Waals surface area contributed by atoms with Crippen molar-refractivity contribution >= 4 is 16.9 Å². The van der Waals surface area contributed by atoms with Gasteiger partial charge in [0.1, 0.15) is 0 Å². The lowest BCUT2D eigenvalue weighted by atomic mass is 9.82. The number of thioether (sulfide) groups is 1. The van der Waals surface area contributed by atoms with E-state index in [9.17, 15) is 0 Å². The number of aliphatic imine (C=N–C) groups is 1. The predicted octanol–water partition coefficient (Wildman–Crippen LogP) is 3.09. The molecule has 3 rings (SSSR count). The molecule has 1 aliphatic heterocycles. The monoisotopic (exact) mass is 260 g/mol. The summed E-state index contributed by atoms with van der Waals surface area (Å²) >= 11 is 1.89. The Bertz CT molecular complexity index is 423. The van der Waals surface area contributed by atoms with E-state index in [-0.39, 0.29) is 0 Å². The van der Waals surface area contributed by atoms with Crippen LogP contribution >= 0.6 is 11.8 Å². The van der Waals surface area contributed by atoms with Gasteiger partial charge in [0.05, 0.1) is 6.04 Å². The lowest BCUT2D eigenvalue weighted by Gasteiger charge is -2.33. The van der Waals surface area contributed by atoms with Crippen LogP contribution < -0.4 is 5.32 Å². The van der Waals surface area contributed by atoms with Gasteiger partial charge < -0.3 is 5.32 Å². The van der Waals surface area contributed by atoms with Gasteiger partial charge in [-0.2, -0.15) is 0 Å². The van der Waals surface area contributed by atoms with Crippen molar-refractivity contribution in [3.8, 4) is 0 Å². The number of benzene rings is 1. The van der Waals surface area contributed by atoms with Gasteiger partial charge in [0.2, 0.25) is 0 Å². The minimum Gasteiger partial charge on any atom is -0.362 e. The van der Waals surface area contributed by atoms with Crippen LogP contribution in [0.4, 0.5) is 0 Å². The first-order valence-electron chi connectivity index (χ1n) is 6.80. The van der Waals surface area contributed by atoms with Crippen LogP contribution in [-0.2, 0) is 6.42 Å². The smallest absolute Gasteiger partial charge is 0.157 e. The third kappa shape index (κ3) is 2.89. The van der Waals surface area contributed by atoms with Gasteiger partial charge in [-0.15, -0.1) is 0 Å². The van der Waals surface area contributed by atoms with Gasteiger partial charge in [0, 0.05) is 11.8 Å². The number of hydrogen-bond acceptors (Lipinski definition) is 3. The van der Waals surface area contributed by atoms with E-state index in [2.05, 4.69) is 42.6 Å². The van der Waals surface area contributed by atoms with E-state index in [1.807, 2.05) is 11.8 Å². The van der Waals surface area contributed by atoms with Crippen molar-refractivity contribution in [1.82, 2.24) is 5.32 Å². The van der Waals surface area contributed by atoms with Gasteiger partial charge in [-0.05, 0) is 30.7 Å². The van der Waals surface area contributed by atoms with E-state index in [1.54, 1.807) is 0 Å². The topological polar surface area (TPSA) is 24.4 Å². The molecule has 0 amide bonds. The molecule has 1 saturated carbocycles. The molecule has 1 unspecified atom stereocenters. The number of amidine groups is 1. The van der Waals surface area contributed by atoms with E-state index >= 15 is 0 Å². The van der Waals surface area contributed by atoms with Gasteiger partial charge >= 0.3 is 0 Å². The predicted molar refractivity (Wildman–Crippen MR) is 79.1 cm³/mol. The third-order valence-corrected chi connectivity index (χ3v) is 4.78. The quantitative estimate of drug-likeness (QED) is 0.903. The first-order valence-corrected chi connectivity index (χ1v) is 7.79. The second kappa shape index (κ2) is 5.35. The molecule has 0 spiro atoms. The molecule has 1 heterocycles. The standard InChI is InChI=1S/C15H20N2S/c1-11-7-13(8-11)16-15-17-14(10-18-15)9-12-5-3-2-4-6-12/h2-6,11,13-14H,7-10H2,1H3,(H,16,17). The van der Waals surface area contributed by atoms with Gasteiger partial charge in [-0.3, -0.25) is 4.99 Å². The van der Waals surface area contributed by atoms with E-state index in [0.717, 1.165) is 18.1 Å². The second-order valence-electron chi connectivity index (χ2n) is 5.51. The Morgan fingerprint density at radius 2 is 2.06 bits per heavy atom. The molecule has 1 aromatic rings. The fourth-order valence-electron chi connectivity index (χ4n) is 2.68. The summed E-state index contributed by atoms with van der Waals surface area (Å²) in [6, 6.07) is 11.8. The summed E-state index contributed by atoms with van der Waals surface area (Å²) in [5, 5.41) is 4.75. The summed E-state index contributed by atoms with van der Waals surface area (Å²) in [6.07, 6.45) is 3.69. The SMILES string of the molecule is CC1CC(NC2=NC(Cc3ccccc3)CS2)C1. The first kappa shape index (κ1) is 12.1. The molecule has 0 bridgehead atoms. The fraction of sp³-hybridized carbons (Fsp3) is 0.533. The lowest BCUT2D eigenvalue weighted by Crippen LogP contribution is -2.42. The molecule has 18 heavy (non-hydrogen) atoms. The zero-order chi connectivity index (χ0) is 12.4. The highest BCUT2D eigenvalue weighted by molar-refractivity contribution is 8.14. The Hall–Kier alpha value is -0.960. The Labute approximate surface area is 113 Å². The van der Waals surface area contributed by atoms with Crippen LogP contribution in [0.2, 0.25) is 0 Å². The Balaban J connectivity index is 1.52. The zero-order valence-electron chi connectivity index (χ0n) is 10.8. The number of nitrogens with zero attached hydrogens (tertiary/aromatic N) is 1. The molecule has 0 aromatic heterocycles. The van der Waals surface area contributed by atoms with Gasteiger partial charge in [-0.25, -0.2) is 0 Å². The van der Waals surface area contributed by atoms with Gasteiger partial charge in [-0.1, -0.05) is 49.0 Å². The first-order chi connectivity index (χ1) is 8.79. The molecule has 0 radical (unpaired) electrons. The maximum atomic E-state index is 4.80. The molecule has 1 N–H and O–H groups in total. The van der Waals surface area contributed by atoms with Crippen molar-refractivity contribution in [2.45, 2.75) is 38.3 Å². The third-order valence-electron chi connectivity index (χ3n) is 3.73. The highest BCUT2D eigenvalue weighted by Crippen LogP contribution is 2.28. The van der Waals surface area contributed by atoms with Crippen LogP contribution in [0.5, 0.6) is 0 Å². The number of rotatable bonds is 3. The molecule has 3 heteroatoms. The second-order valence-corrected chi connectivity index (χ2v) is 6.52. The van der Waals surface area contributed by atoms with Crippen molar-refractivity contribution in [3.05, 3.63) is 35.9 Å². The molecule has 1 aromatic carbocycles. The molecule has 1 atom stereocenters.